The van der Waals surface area contributed by atoms with Gasteiger partial charge in [0.15, 0.2) is 0 Å². The molecule has 110 valence electrons. The molecule has 1 aliphatic heterocycles. The number of aromatic nitrogens is 4. The minimum Gasteiger partial charge on any atom is -0.342 e. The Kier molecular flexibility index (Phi) is 3.32. The van der Waals surface area contributed by atoms with Crippen LogP contribution >= 0.6 is 0 Å². The quantitative estimate of drug-likeness (QED) is 0.802. The van der Waals surface area contributed by atoms with Gasteiger partial charge >= 0.3 is 0 Å². The summed E-state index contributed by atoms with van der Waals surface area (Å²) in [4.78, 5) is 24.3. The van der Waals surface area contributed by atoms with Crippen LogP contribution in [0.25, 0.3) is 11.3 Å². The Hall–Kier alpha value is -2.44. The third-order valence-electron chi connectivity index (χ3n) is 3.67. The minimum atomic E-state index is 0.0906. The standard InChI is InChI=1S/C14H18N6O/c1-10-11(8-19(3)17-10)12-4-5-15-14(16-12)20-7-6-18(2)13(21)9-20/h4-5,8H,6-7,9H2,1-3H3. The van der Waals surface area contributed by atoms with Crippen LogP contribution in [0.15, 0.2) is 18.5 Å². The van der Waals surface area contributed by atoms with Crippen molar-refractivity contribution in [2.45, 2.75) is 6.92 Å². The lowest BCUT2D eigenvalue weighted by molar-refractivity contribution is -0.129. The Labute approximate surface area is 123 Å². The van der Waals surface area contributed by atoms with Crippen LogP contribution in [-0.4, -0.2) is 57.2 Å². The van der Waals surface area contributed by atoms with Gasteiger partial charge in [-0.3, -0.25) is 9.48 Å². The van der Waals surface area contributed by atoms with Crippen LogP contribution in [0.3, 0.4) is 0 Å². The van der Waals surface area contributed by atoms with Crippen LogP contribution in [0.1, 0.15) is 5.69 Å². The molecule has 0 radical (unpaired) electrons. The largest absolute Gasteiger partial charge is 0.342 e. The predicted octanol–water partition coefficient (Wildman–Crippen LogP) is 0.464. The van der Waals surface area contributed by atoms with Crippen molar-refractivity contribution in [3.63, 3.8) is 0 Å². The van der Waals surface area contributed by atoms with E-state index in [9.17, 15) is 4.79 Å². The zero-order valence-electron chi connectivity index (χ0n) is 12.4. The Bertz CT molecular complexity index is 680. The van der Waals surface area contributed by atoms with Crippen molar-refractivity contribution in [3.8, 4) is 11.3 Å². The highest BCUT2D eigenvalue weighted by atomic mass is 16.2. The molecule has 1 aliphatic rings. The van der Waals surface area contributed by atoms with Gasteiger partial charge in [0, 0.05) is 45.1 Å². The van der Waals surface area contributed by atoms with Gasteiger partial charge in [-0.25, -0.2) is 9.97 Å². The van der Waals surface area contributed by atoms with Crippen molar-refractivity contribution in [1.82, 2.24) is 24.6 Å². The summed E-state index contributed by atoms with van der Waals surface area (Å²) < 4.78 is 1.77. The van der Waals surface area contributed by atoms with Crippen molar-refractivity contribution in [2.75, 3.05) is 31.6 Å². The summed E-state index contributed by atoms with van der Waals surface area (Å²) in [7, 11) is 3.70. The predicted molar refractivity (Wildman–Crippen MR) is 78.8 cm³/mol. The summed E-state index contributed by atoms with van der Waals surface area (Å²) in [5, 5.41) is 4.33. The first kappa shape index (κ1) is 13.5. The van der Waals surface area contributed by atoms with E-state index in [1.54, 1.807) is 15.8 Å². The molecular formula is C14H18N6O. The Balaban J connectivity index is 1.90. The normalized spacial score (nSPS) is 15.7. The van der Waals surface area contributed by atoms with Gasteiger partial charge in [0.05, 0.1) is 17.9 Å². The highest BCUT2D eigenvalue weighted by Gasteiger charge is 2.23. The highest BCUT2D eigenvalue weighted by Crippen LogP contribution is 2.22. The molecule has 7 nitrogen and oxygen atoms in total. The van der Waals surface area contributed by atoms with E-state index in [0.717, 1.165) is 23.5 Å². The minimum absolute atomic E-state index is 0.0906. The Morgan fingerprint density at radius 2 is 2.05 bits per heavy atom. The summed E-state index contributed by atoms with van der Waals surface area (Å²) in [6.45, 7) is 3.72. The molecule has 2 aromatic rings. The van der Waals surface area contributed by atoms with Gasteiger partial charge < -0.3 is 9.80 Å². The van der Waals surface area contributed by atoms with Crippen LogP contribution in [0.2, 0.25) is 0 Å². The Morgan fingerprint density at radius 3 is 2.71 bits per heavy atom. The molecule has 3 heterocycles. The number of carbonyl (C=O) groups is 1. The number of hydrogen-bond donors (Lipinski definition) is 0. The number of nitrogens with zero attached hydrogens (tertiary/aromatic N) is 6. The molecule has 0 spiro atoms. The van der Waals surface area contributed by atoms with Crippen LogP contribution in [0.4, 0.5) is 5.95 Å². The molecule has 1 amide bonds. The summed E-state index contributed by atoms with van der Waals surface area (Å²) in [5.41, 5.74) is 2.75. The van der Waals surface area contributed by atoms with Crippen molar-refractivity contribution in [3.05, 3.63) is 24.2 Å². The molecule has 0 aliphatic carbocycles. The summed E-state index contributed by atoms with van der Waals surface area (Å²) in [5.74, 6) is 0.685. The average molecular weight is 286 g/mol. The molecule has 0 atom stereocenters. The molecule has 0 saturated carbocycles. The molecule has 0 unspecified atom stereocenters. The fraction of sp³-hybridized carbons (Fsp3) is 0.429. The Morgan fingerprint density at radius 1 is 1.24 bits per heavy atom. The third kappa shape index (κ3) is 2.58. The van der Waals surface area contributed by atoms with Crippen LogP contribution < -0.4 is 4.90 Å². The van der Waals surface area contributed by atoms with Gasteiger partial charge in [-0.05, 0) is 13.0 Å². The second kappa shape index (κ2) is 5.16. The van der Waals surface area contributed by atoms with E-state index in [4.69, 9.17) is 0 Å². The number of anilines is 1. The molecule has 0 bridgehead atoms. The lowest BCUT2D eigenvalue weighted by Gasteiger charge is -2.31. The summed E-state index contributed by atoms with van der Waals surface area (Å²) in [6, 6.07) is 1.87. The van der Waals surface area contributed by atoms with Crippen molar-refractivity contribution in [1.29, 1.82) is 0 Å². The van der Waals surface area contributed by atoms with E-state index in [-0.39, 0.29) is 5.91 Å². The first-order chi connectivity index (χ1) is 10.0. The fourth-order valence-electron chi connectivity index (χ4n) is 2.43. The van der Waals surface area contributed by atoms with Crippen molar-refractivity contribution < 1.29 is 4.79 Å². The molecule has 7 heteroatoms. The molecule has 1 saturated heterocycles. The number of carbonyl (C=O) groups excluding carboxylic acids is 1. The average Bonchev–Trinajstić information content (AvgIpc) is 2.81. The third-order valence-corrected chi connectivity index (χ3v) is 3.67. The smallest absolute Gasteiger partial charge is 0.242 e. The van der Waals surface area contributed by atoms with E-state index < -0.39 is 0 Å². The second-order valence-electron chi connectivity index (χ2n) is 5.28. The van der Waals surface area contributed by atoms with Gasteiger partial charge in [0.25, 0.3) is 0 Å². The van der Waals surface area contributed by atoms with Crippen LogP contribution in [-0.2, 0) is 11.8 Å². The van der Waals surface area contributed by atoms with E-state index in [1.807, 2.05) is 38.2 Å². The molecule has 0 aromatic carbocycles. The van der Waals surface area contributed by atoms with Gasteiger partial charge in [-0.1, -0.05) is 0 Å². The zero-order chi connectivity index (χ0) is 15.0. The second-order valence-corrected chi connectivity index (χ2v) is 5.28. The van der Waals surface area contributed by atoms with Gasteiger partial charge in [0.1, 0.15) is 0 Å². The fourth-order valence-corrected chi connectivity index (χ4v) is 2.43. The molecular weight excluding hydrogens is 268 g/mol. The van der Waals surface area contributed by atoms with Gasteiger partial charge in [0.2, 0.25) is 11.9 Å². The molecule has 3 rings (SSSR count). The first-order valence-corrected chi connectivity index (χ1v) is 6.87. The maximum absolute atomic E-state index is 11.8. The molecule has 1 fully saturated rings. The van der Waals surface area contributed by atoms with E-state index in [1.165, 1.54) is 0 Å². The summed E-state index contributed by atoms with van der Waals surface area (Å²) >= 11 is 0. The van der Waals surface area contributed by atoms with E-state index in [2.05, 4.69) is 15.1 Å². The number of aryl methyl sites for hydroxylation is 2. The first-order valence-electron chi connectivity index (χ1n) is 6.87. The lowest BCUT2D eigenvalue weighted by atomic mass is 10.2. The van der Waals surface area contributed by atoms with Crippen LogP contribution in [0, 0.1) is 6.92 Å². The topological polar surface area (TPSA) is 67.2 Å². The van der Waals surface area contributed by atoms with E-state index in [0.29, 0.717) is 19.0 Å². The van der Waals surface area contributed by atoms with Crippen molar-refractivity contribution in [2.24, 2.45) is 7.05 Å². The van der Waals surface area contributed by atoms with Crippen LogP contribution in [0.5, 0.6) is 0 Å². The van der Waals surface area contributed by atoms with Gasteiger partial charge in [-0.15, -0.1) is 0 Å². The monoisotopic (exact) mass is 286 g/mol. The SMILES string of the molecule is Cc1nn(C)cc1-c1ccnc(N2CCN(C)C(=O)C2)n1. The number of amides is 1. The van der Waals surface area contributed by atoms with E-state index >= 15 is 0 Å². The number of piperazine rings is 1. The number of hydrogen-bond acceptors (Lipinski definition) is 5. The molecule has 2 aromatic heterocycles. The zero-order valence-corrected chi connectivity index (χ0v) is 12.4. The summed E-state index contributed by atoms with van der Waals surface area (Å²) in [6.07, 6.45) is 3.67. The molecule has 21 heavy (non-hydrogen) atoms. The lowest BCUT2D eigenvalue weighted by Crippen LogP contribution is -2.49. The number of likely N-dealkylation sites (N-methyl/N-ethyl adjacent to an activating group) is 1. The van der Waals surface area contributed by atoms with Crippen molar-refractivity contribution >= 4 is 11.9 Å². The molecule has 0 N–H and O–H groups in total. The van der Waals surface area contributed by atoms with Gasteiger partial charge in [-0.2, -0.15) is 5.10 Å². The maximum atomic E-state index is 11.8. The maximum Gasteiger partial charge on any atom is 0.242 e. The highest BCUT2D eigenvalue weighted by molar-refractivity contribution is 5.82. The number of rotatable bonds is 2.